The van der Waals surface area contributed by atoms with Gasteiger partial charge in [-0.1, -0.05) is 0 Å². The van der Waals surface area contributed by atoms with E-state index in [1.54, 1.807) is 0 Å². The molecule has 1 aromatic rings. The molecule has 0 spiro atoms. The minimum absolute atomic E-state index is 0.350. The maximum absolute atomic E-state index is 11.3. The van der Waals surface area contributed by atoms with Crippen LogP contribution in [0.1, 0.15) is 41.6 Å². The second kappa shape index (κ2) is 5.09. The van der Waals surface area contributed by atoms with Crippen LogP contribution in [0.4, 0.5) is 5.69 Å². The summed E-state index contributed by atoms with van der Waals surface area (Å²) in [6, 6.07) is 7.90. The van der Waals surface area contributed by atoms with Gasteiger partial charge < -0.3 is 16.0 Å². The third-order valence-electron chi connectivity index (χ3n) is 4.88. The summed E-state index contributed by atoms with van der Waals surface area (Å²) in [5.41, 5.74) is 8.12. The Hall–Kier alpha value is -1.55. The normalized spacial score (nSPS) is 28.4. The zero-order valence-electron chi connectivity index (χ0n) is 12.2. The molecule has 1 amide bonds. The molecule has 0 radical (unpaired) electrons. The predicted molar refractivity (Wildman–Crippen MR) is 81.1 cm³/mol. The van der Waals surface area contributed by atoms with Gasteiger partial charge >= 0.3 is 0 Å². The quantitative estimate of drug-likeness (QED) is 0.883. The standard InChI is InChI=1S/C16H23N3O/c1-10-7-13(5-6-15(10)16(17)20)19(2)14-8-11-3-4-12(9-14)18-11/h5-7,11-12,14,18H,3-4,8-9H2,1-2H3,(H2,17,20). The number of aryl methyl sites for hydroxylation is 1. The van der Waals surface area contributed by atoms with Crippen LogP contribution in [0.3, 0.4) is 0 Å². The first-order valence-electron chi connectivity index (χ1n) is 7.44. The number of rotatable bonds is 3. The highest BCUT2D eigenvalue weighted by Crippen LogP contribution is 2.31. The molecule has 2 aliphatic heterocycles. The van der Waals surface area contributed by atoms with Crippen molar-refractivity contribution in [3.05, 3.63) is 29.3 Å². The van der Waals surface area contributed by atoms with Crippen molar-refractivity contribution in [2.75, 3.05) is 11.9 Å². The highest BCUT2D eigenvalue weighted by molar-refractivity contribution is 5.94. The van der Waals surface area contributed by atoms with Gasteiger partial charge in [-0.3, -0.25) is 4.79 Å². The largest absolute Gasteiger partial charge is 0.371 e. The van der Waals surface area contributed by atoms with Crippen LogP contribution in [-0.2, 0) is 0 Å². The zero-order chi connectivity index (χ0) is 14.3. The molecule has 108 valence electrons. The second-order valence-corrected chi connectivity index (χ2v) is 6.24. The SMILES string of the molecule is Cc1cc(N(C)C2CC3CCC(C2)N3)ccc1C(N)=O. The Bertz CT molecular complexity index is 516. The molecule has 4 nitrogen and oxygen atoms in total. The van der Waals surface area contributed by atoms with E-state index in [0.29, 0.717) is 23.7 Å². The molecule has 3 rings (SSSR count). The van der Waals surface area contributed by atoms with Crippen molar-refractivity contribution in [1.82, 2.24) is 5.32 Å². The van der Waals surface area contributed by atoms with Crippen LogP contribution in [0.25, 0.3) is 0 Å². The van der Waals surface area contributed by atoms with E-state index in [0.717, 1.165) is 5.56 Å². The number of fused-ring (bicyclic) bond motifs is 2. The van der Waals surface area contributed by atoms with Crippen LogP contribution in [0, 0.1) is 6.92 Å². The summed E-state index contributed by atoms with van der Waals surface area (Å²) in [6.07, 6.45) is 5.05. The third kappa shape index (κ3) is 2.40. The average Bonchev–Trinajstić information content (AvgIpc) is 2.76. The van der Waals surface area contributed by atoms with Crippen LogP contribution in [0.15, 0.2) is 18.2 Å². The molecule has 0 aromatic heterocycles. The Morgan fingerprint density at radius 2 is 1.95 bits per heavy atom. The van der Waals surface area contributed by atoms with Crippen molar-refractivity contribution in [2.24, 2.45) is 5.73 Å². The molecule has 2 atom stereocenters. The fourth-order valence-corrected chi connectivity index (χ4v) is 3.70. The van der Waals surface area contributed by atoms with Crippen molar-refractivity contribution >= 4 is 11.6 Å². The first kappa shape index (κ1) is 13.4. The zero-order valence-corrected chi connectivity index (χ0v) is 12.2. The third-order valence-corrected chi connectivity index (χ3v) is 4.88. The van der Waals surface area contributed by atoms with E-state index in [1.165, 1.54) is 31.4 Å². The molecule has 20 heavy (non-hydrogen) atoms. The van der Waals surface area contributed by atoms with Gasteiger partial charge in [0.15, 0.2) is 0 Å². The van der Waals surface area contributed by atoms with E-state index in [1.807, 2.05) is 19.1 Å². The number of hydrogen-bond donors (Lipinski definition) is 2. The number of hydrogen-bond acceptors (Lipinski definition) is 3. The van der Waals surface area contributed by atoms with Gasteiger partial charge in [-0.25, -0.2) is 0 Å². The molecule has 0 aliphatic carbocycles. The molecule has 2 saturated heterocycles. The van der Waals surface area contributed by atoms with Gasteiger partial charge in [0, 0.05) is 36.4 Å². The van der Waals surface area contributed by atoms with Gasteiger partial charge in [-0.2, -0.15) is 0 Å². The van der Waals surface area contributed by atoms with Crippen molar-refractivity contribution in [2.45, 2.75) is 50.7 Å². The van der Waals surface area contributed by atoms with Crippen LogP contribution < -0.4 is 16.0 Å². The summed E-state index contributed by atoms with van der Waals surface area (Å²) >= 11 is 0. The number of piperidine rings is 1. The van der Waals surface area contributed by atoms with Gasteiger partial charge in [0.2, 0.25) is 5.91 Å². The second-order valence-electron chi connectivity index (χ2n) is 6.24. The molecule has 1 aromatic carbocycles. The fraction of sp³-hybridized carbons (Fsp3) is 0.562. The lowest BCUT2D eigenvalue weighted by molar-refractivity contribution is 0.1000. The molecule has 0 saturated carbocycles. The van der Waals surface area contributed by atoms with Crippen LogP contribution in [0.2, 0.25) is 0 Å². The smallest absolute Gasteiger partial charge is 0.248 e. The van der Waals surface area contributed by atoms with Gasteiger partial charge in [0.25, 0.3) is 0 Å². The number of nitrogens with zero attached hydrogens (tertiary/aromatic N) is 1. The topological polar surface area (TPSA) is 58.4 Å². The summed E-state index contributed by atoms with van der Waals surface area (Å²) in [7, 11) is 2.16. The monoisotopic (exact) mass is 273 g/mol. The number of primary amides is 1. The number of carbonyl (C=O) groups is 1. The van der Waals surface area contributed by atoms with E-state index in [2.05, 4.69) is 23.3 Å². The fourth-order valence-electron chi connectivity index (χ4n) is 3.70. The molecular weight excluding hydrogens is 250 g/mol. The van der Waals surface area contributed by atoms with E-state index >= 15 is 0 Å². The first-order valence-corrected chi connectivity index (χ1v) is 7.44. The summed E-state index contributed by atoms with van der Waals surface area (Å²) in [6.45, 7) is 1.95. The number of nitrogens with one attached hydrogen (secondary N) is 1. The summed E-state index contributed by atoms with van der Waals surface area (Å²) < 4.78 is 0. The van der Waals surface area contributed by atoms with Gasteiger partial charge in [0.05, 0.1) is 0 Å². The number of benzene rings is 1. The number of anilines is 1. The Morgan fingerprint density at radius 1 is 1.30 bits per heavy atom. The average molecular weight is 273 g/mol. The molecule has 2 unspecified atom stereocenters. The molecule has 3 N–H and O–H groups in total. The van der Waals surface area contributed by atoms with Crippen molar-refractivity contribution in [1.29, 1.82) is 0 Å². The Labute approximate surface area is 120 Å². The first-order chi connectivity index (χ1) is 9.54. The highest BCUT2D eigenvalue weighted by atomic mass is 16.1. The lowest BCUT2D eigenvalue weighted by Crippen LogP contribution is -2.47. The maximum atomic E-state index is 11.3. The molecule has 2 fully saturated rings. The lowest BCUT2D eigenvalue weighted by atomic mass is 9.97. The van der Waals surface area contributed by atoms with Crippen molar-refractivity contribution in [3.63, 3.8) is 0 Å². The highest BCUT2D eigenvalue weighted by Gasteiger charge is 2.35. The number of carbonyl (C=O) groups excluding carboxylic acids is 1. The van der Waals surface area contributed by atoms with Crippen LogP contribution in [0.5, 0.6) is 0 Å². The molecular formula is C16H23N3O. The van der Waals surface area contributed by atoms with Crippen LogP contribution >= 0.6 is 0 Å². The van der Waals surface area contributed by atoms with E-state index in [9.17, 15) is 4.79 Å². The van der Waals surface area contributed by atoms with Gasteiger partial charge in [0.1, 0.15) is 0 Å². The number of nitrogens with two attached hydrogens (primary N) is 1. The summed E-state index contributed by atoms with van der Waals surface area (Å²) in [5.74, 6) is -0.350. The minimum Gasteiger partial charge on any atom is -0.371 e. The van der Waals surface area contributed by atoms with Gasteiger partial charge in [-0.15, -0.1) is 0 Å². The van der Waals surface area contributed by atoms with E-state index in [4.69, 9.17) is 5.73 Å². The number of amides is 1. The summed E-state index contributed by atoms with van der Waals surface area (Å²) in [4.78, 5) is 13.7. The summed E-state index contributed by atoms with van der Waals surface area (Å²) in [5, 5.41) is 3.67. The molecule has 4 heteroatoms. The van der Waals surface area contributed by atoms with Crippen molar-refractivity contribution in [3.8, 4) is 0 Å². The Balaban J connectivity index is 1.78. The lowest BCUT2D eigenvalue weighted by Gasteiger charge is -2.37. The molecule has 2 heterocycles. The predicted octanol–water partition coefficient (Wildman–Crippen LogP) is 1.81. The minimum atomic E-state index is -0.350. The Kier molecular flexibility index (Phi) is 3.42. The van der Waals surface area contributed by atoms with Gasteiger partial charge in [-0.05, 0) is 56.4 Å². The van der Waals surface area contributed by atoms with Crippen molar-refractivity contribution < 1.29 is 4.79 Å². The maximum Gasteiger partial charge on any atom is 0.248 e. The van der Waals surface area contributed by atoms with Crippen LogP contribution in [-0.4, -0.2) is 31.1 Å². The Morgan fingerprint density at radius 3 is 2.50 bits per heavy atom. The van der Waals surface area contributed by atoms with E-state index < -0.39 is 0 Å². The molecule has 2 bridgehead atoms. The van der Waals surface area contributed by atoms with E-state index in [-0.39, 0.29) is 5.91 Å². The molecule has 2 aliphatic rings.